The summed E-state index contributed by atoms with van der Waals surface area (Å²) in [6, 6.07) is 10.5. The van der Waals surface area contributed by atoms with Crippen molar-refractivity contribution in [3.05, 3.63) is 59.7 Å². The Morgan fingerprint density at radius 3 is 1.52 bits per heavy atom. The molecule has 0 aromatic heterocycles. The van der Waals surface area contributed by atoms with Crippen LogP contribution in [0.2, 0.25) is 0 Å². The molecule has 0 fully saturated rings. The van der Waals surface area contributed by atoms with E-state index in [2.05, 4.69) is 18.9 Å². The van der Waals surface area contributed by atoms with Crippen LogP contribution >= 0.6 is 18.9 Å². The molecule has 152 valence electrons. The molecule has 2 rings (SSSR count). The summed E-state index contributed by atoms with van der Waals surface area (Å²) in [5.74, 6) is 1.62. The van der Waals surface area contributed by atoms with Gasteiger partial charge < -0.3 is 18.5 Å². The second kappa shape index (κ2) is 11.4. The lowest BCUT2D eigenvalue weighted by Crippen LogP contribution is -2.01. The van der Waals surface area contributed by atoms with Crippen LogP contribution in [0.25, 0.3) is 12.2 Å². The molecule has 0 amide bonds. The zero-order valence-corrected chi connectivity index (χ0v) is 18.4. The first-order chi connectivity index (χ1) is 14.0. The minimum Gasteiger partial charge on any atom is -0.493 e. The van der Waals surface area contributed by atoms with E-state index >= 15 is 0 Å². The molecule has 6 nitrogen and oxygen atoms in total. The largest absolute Gasteiger partial charge is 0.493 e. The highest BCUT2D eigenvalue weighted by Crippen LogP contribution is 2.30. The molecule has 0 heterocycles. The number of carbonyl (C=O) groups is 2. The molecule has 0 saturated carbocycles. The Kier molecular flexibility index (Phi) is 8.85. The molecule has 0 N–H and O–H groups in total. The Bertz CT molecular complexity index is 861. The van der Waals surface area contributed by atoms with E-state index in [1.807, 2.05) is 0 Å². The number of allylic oxidation sites excluding steroid dienone is 2. The van der Waals surface area contributed by atoms with Gasteiger partial charge in [-0.3, -0.25) is 9.59 Å². The lowest BCUT2D eigenvalue weighted by Gasteiger charge is -2.07. The summed E-state index contributed by atoms with van der Waals surface area (Å²) in [7, 11) is 7.37. The van der Waals surface area contributed by atoms with Crippen molar-refractivity contribution in [1.29, 1.82) is 0 Å². The average molecular weight is 432 g/mol. The van der Waals surface area contributed by atoms with Crippen LogP contribution in [0.4, 0.5) is 0 Å². The van der Waals surface area contributed by atoms with E-state index in [9.17, 15) is 9.59 Å². The van der Waals surface area contributed by atoms with Crippen LogP contribution in [0.3, 0.4) is 0 Å². The summed E-state index contributed by atoms with van der Waals surface area (Å²) in [6.45, 7) is 0. The zero-order valence-electron chi connectivity index (χ0n) is 16.1. The number of methoxy groups -OCH3 is 2. The van der Waals surface area contributed by atoms with Gasteiger partial charge in [0.25, 0.3) is 0 Å². The van der Waals surface area contributed by atoms with E-state index in [4.69, 9.17) is 18.5 Å². The Morgan fingerprint density at radius 1 is 0.759 bits per heavy atom. The molecule has 0 spiro atoms. The smallest absolute Gasteiger partial charge is 0.164 e. The van der Waals surface area contributed by atoms with Crippen molar-refractivity contribution < 1.29 is 28.1 Å². The summed E-state index contributed by atoms with van der Waals surface area (Å²) < 4.78 is 20.6. The van der Waals surface area contributed by atoms with Crippen molar-refractivity contribution in [1.82, 2.24) is 0 Å². The lowest BCUT2D eigenvalue weighted by molar-refractivity contribution is -0.121. The van der Waals surface area contributed by atoms with E-state index in [0.29, 0.717) is 23.0 Å². The highest BCUT2D eigenvalue weighted by molar-refractivity contribution is 7.10. The molecule has 29 heavy (non-hydrogen) atoms. The number of carbonyl (C=O) groups excluding carboxylic acids is 2. The van der Waals surface area contributed by atoms with Crippen molar-refractivity contribution in [3.8, 4) is 23.0 Å². The molecule has 8 heteroatoms. The fourth-order valence-corrected chi connectivity index (χ4v) is 2.83. The molecule has 2 unspecified atom stereocenters. The standard InChI is InChI=1S/C21H22O6P2/c1-24-20-11-14(5-9-18(20)26-28)3-7-16(22)13-17(23)8-4-15-6-10-19(27-29)21(12-15)25-2/h3-12H,13,28-29H2,1-2H3/b7-3+,8-4+. The normalized spacial score (nSPS) is 10.9. The minimum atomic E-state index is -0.297. The molecule has 0 bridgehead atoms. The summed E-state index contributed by atoms with van der Waals surface area (Å²) in [5, 5.41) is 0. The van der Waals surface area contributed by atoms with E-state index in [1.54, 1.807) is 48.6 Å². The Balaban J connectivity index is 1.97. The van der Waals surface area contributed by atoms with Gasteiger partial charge in [-0.2, -0.15) is 0 Å². The Hall–Kier alpha value is -2.68. The van der Waals surface area contributed by atoms with Crippen LogP contribution in [0, 0.1) is 0 Å². The van der Waals surface area contributed by atoms with Gasteiger partial charge in [-0.25, -0.2) is 0 Å². The Labute approximate surface area is 174 Å². The van der Waals surface area contributed by atoms with Gasteiger partial charge in [-0.15, -0.1) is 0 Å². The van der Waals surface area contributed by atoms with Gasteiger partial charge in [0, 0.05) is 0 Å². The monoisotopic (exact) mass is 432 g/mol. The van der Waals surface area contributed by atoms with E-state index in [0.717, 1.165) is 11.1 Å². The van der Waals surface area contributed by atoms with Gasteiger partial charge in [-0.1, -0.05) is 24.3 Å². The van der Waals surface area contributed by atoms with E-state index in [1.165, 1.54) is 26.4 Å². The average Bonchev–Trinajstić information content (AvgIpc) is 2.75. The van der Waals surface area contributed by atoms with E-state index in [-0.39, 0.29) is 18.0 Å². The topological polar surface area (TPSA) is 71.1 Å². The fraction of sp³-hybridized carbons (Fsp3) is 0.143. The fourth-order valence-electron chi connectivity index (χ4n) is 2.44. The highest BCUT2D eigenvalue weighted by atomic mass is 31.0. The molecule has 0 saturated heterocycles. The van der Waals surface area contributed by atoms with Crippen molar-refractivity contribution in [2.24, 2.45) is 0 Å². The van der Waals surface area contributed by atoms with Crippen LogP contribution < -0.4 is 18.5 Å². The van der Waals surface area contributed by atoms with Gasteiger partial charge in [-0.05, 0) is 47.5 Å². The predicted molar refractivity (Wildman–Crippen MR) is 119 cm³/mol. The van der Waals surface area contributed by atoms with Gasteiger partial charge in [0.05, 0.1) is 39.6 Å². The van der Waals surface area contributed by atoms with Crippen molar-refractivity contribution >= 4 is 42.7 Å². The first-order valence-corrected chi connectivity index (χ1v) is 9.46. The zero-order chi connectivity index (χ0) is 21.2. The molecular formula is C21H22O6P2. The molecule has 0 aliphatic heterocycles. The third-order valence-corrected chi connectivity index (χ3v) is 4.41. The SMILES string of the molecule is COc1cc(/C=C/C(=O)CC(=O)/C=C/c2ccc(OP)c(OC)c2)ccc1OP. The van der Waals surface area contributed by atoms with Gasteiger partial charge in [0.15, 0.2) is 34.6 Å². The Morgan fingerprint density at radius 2 is 1.17 bits per heavy atom. The van der Waals surface area contributed by atoms with Gasteiger partial charge >= 0.3 is 0 Å². The number of hydrogen-bond donors (Lipinski definition) is 0. The molecule has 0 aliphatic rings. The van der Waals surface area contributed by atoms with Crippen molar-refractivity contribution in [2.75, 3.05) is 14.2 Å². The summed E-state index contributed by atoms with van der Waals surface area (Å²) in [6.07, 6.45) is 5.77. The number of rotatable bonds is 10. The van der Waals surface area contributed by atoms with Crippen LogP contribution in [0.15, 0.2) is 48.6 Å². The van der Waals surface area contributed by atoms with Crippen LogP contribution in [0.1, 0.15) is 17.5 Å². The quantitative estimate of drug-likeness (QED) is 0.317. The molecular weight excluding hydrogens is 410 g/mol. The van der Waals surface area contributed by atoms with Crippen molar-refractivity contribution in [2.45, 2.75) is 6.42 Å². The van der Waals surface area contributed by atoms with Crippen LogP contribution in [-0.4, -0.2) is 25.8 Å². The summed E-state index contributed by atoms with van der Waals surface area (Å²) >= 11 is 0. The second-order valence-electron chi connectivity index (χ2n) is 5.83. The van der Waals surface area contributed by atoms with Crippen LogP contribution in [-0.2, 0) is 9.59 Å². The number of ketones is 2. The molecule has 0 aliphatic carbocycles. The maximum absolute atomic E-state index is 12.1. The minimum absolute atomic E-state index is 0.221. The highest BCUT2D eigenvalue weighted by Gasteiger charge is 2.07. The third-order valence-electron chi connectivity index (χ3n) is 3.90. The lowest BCUT2D eigenvalue weighted by atomic mass is 10.1. The molecule has 2 atom stereocenters. The molecule has 0 radical (unpaired) electrons. The summed E-state index contributed by atoms with van der Waals surface area (Å²) in [5.41, 5.74) is 1.51. The third kappa shape index (κ3) is 6.70. The van der Waals surface area contributed by atoms with Crippen molar-refractivity contribution in [3.63, 3.8) is 0 Å². The predicted octanol–water partition coefficient (Wildman–Crippen LogP) is 4.30. The first-order valence-electron chi connectivity index (χ1n) is 8.52. The molecule has 2 aromatic rings. The second-order valence-corrected chi connectivity index (χ2v) is 6.30. The van der Waals surface area contributed by atoms with Gasteiger partial charge in [0.2, 0.25) is 0 Å². The van der Waals surface area contributed by atoms with E-state index < -0.39 is 0 Å². The van der Waals surface area contributed by atoms with Gasteiger partial charge in [0.1, 0.15) is 0 Å². The summed E-state index contributed by atoms with van der Waals surface area (Å²) in [4.78, 5) is 24.1. The number of benzene rings is 2. The number of ether oxygens (including phenoxy) is 2. The molecule has 2 aromatic carbocycles. The van der Waals surface area contributed by atoms with Crippen LogP contribution in [0.5, 0.6) is 23.0 Å². The maximum Gasteiger partial charge on any atom is 0.164 e. The number of hydrogen-bond acceptors (Lipinski definition) is 6. The maximum atomic E-state index is 12.1. The first kappa shape index (κ1) is 22.6.